The molecule has 2 aromatic rings. The largest absolute Gasteiger partial charge is 0.496 e. The lowest BCUT2D eigenvalue weighted by atomic mass is 10.2. The second kappa shape index (κ2) is 6.17. The predicted molar refractivity (Wildman–Crippen MR) is 77.9 cm³/mol. The van der Waals surface area contributed by atoms with Crippen LogP contribution < -0.4 is 14.2 Å². The molecule has 0 bridgehead atoms. The normalized spacial score (nSPS) is 12.6. The number of methoxy groups -OCH3 is 1. The lowest BCUT2D eigenvalue weighted by Gasteiger charge is -2.04. The van der Waals surface area contributed by atoms with Crippen LogP contribution >= 0.6 is 0 Å². The van der Waals surface area contributed by atoms with E-state index in [0.717, 1.165) is 28.4 Å². The van der Waals surface area contributed by atoms with Gasteiger partial charge in [-0.05, 0) is 29.8 Å². The Morgan fingerprint density at radius 1 is 1.14 bits per heavy atom. The monoisotopic (exact) mass is 285 g/mol. The van der Waals surface area contributed by atoms with Crippen LogP contribution in [0.15, 0.2) is 47.6 Å². The van der Waals surface area contributed by atoms with Crippen molar-refractivity contribution in [3.63, 3.8) is 0 Å². The van der Waals surface area contributed by atoms with Crippen molar-refractivity contribution < 1.29 is 19.0 Å². The molecule has 1 heterocycles. The maximum Gasteiger partial charge on any atom is 0.231 e. The van der Waals surface area contributed by atoms with Gasteiger partial charge in [-0.15, -0.1) is 0 Å². The highest BCUT2D eigenvalue weighted by Gasteiger charge is 2.13. The van der Waals surface area contributed by atoms with Gasteiger partial charge in [0.05, 0.1) is 13.3 Å². The van der Waals surface area contributed by atoms with E-state index in [4.69, 9.17) is 19.0 Å². The molecule has 0 saturated heterocycles. The van der Waals surface area contributed by atoms with Crippen molar-refractivity contribution in [2.24, 2.45) is 5.16 Å². The molecule has 5 nitrogen and oxygen atoms in total. The quantitative estimate of drug-likeness (QED) is 0.626. The smallest absolute Gasteiger partial charge is 0.231 e. The van der Waals surface area contributed by atoms with Gasteiger partial charge < -0.3 is 19.0 Å². The predicted octanol–water partition coefficient (Wildman–Crippen LogP) is 2.97. The highest BCUT2D eigenvalue weighted by molar-refractivity contribution is 5.82. The first-order chi connectivity index (χ1) is 10.4. The summed E-state index contributed by atoms with van der Waals surface area (Å²) in [7, 11) is 1.63. The Balaban J connectivity index is 1.59. The summed E-state index contributed by atoms with van der Waals surface area (Å²) in [5.41, 5.74) is 1.84. The van der Waals surface area contributed by atoms with Crippen LogP contribution in [0.1, 0.15) is 11.1 Å². The first-order valence-electron chi connectivity index (χ1n) is 6.54. The maximum atomic E-state index is 5.31. The average Bonchev–Trinajstić information content (AvgIpc) is 2.99. The summed E-state index contributed by atoms with van der Waals surface area (Å²) in [6.45, 7) is 0.633. The first kappa shape index (κ1) is 13.3. The summed E-state index contributed by atoms with van der Waals surface area (Å²) < 4.78 is 15.8. The molecule has 21 heavy (non-hydrogen) atoms. The van der Waals surface area contributed by atoms with E-state index in [9.17, 15) is 0 Å². The fraction of sp³-hybridized carbons (Fsp3) is 0.188. The molecule has 0 aromatic heterocycles. The van der Waals surface area contributed by atoms with E-state index in [0.29, 0.717) is 6.61 Å². The van der Waals surface area contributed by atoms with Crippen LogP contribution in [0.3, 0.4) is 0 Å². The molecule has 0 aliphatic carbocycles. The van der Waals surface area contributed by atoms with Crippen LogP contribution in [-0.4, -0.2) is 20.1 Å². The van der Waals surface area contributed by atoms with E-state index in [1.807, 2.05) is 42.5 Å². The Morgan fingerprint density at radius 2 is 2.00 bits per heavy atom. The van der Waals surface area contributed by atoms with Crippen LogP contribution in [0.4, 0.5) is 0 Å². The zero-order chi connectivity index (χ0) is 14.5. The van der Waals surface area contributed by atoms with E-state index < -0.39 is 0 Å². The molecule has 1 aliphatic heterocycles. The summed E-state index contributed by atoms with van der Waals surface area (Å²) in [5.74, 6) is 2.26. The van der Waals surface area contributed by atoms with Gasteiger partial charge in [-0.2, -0.15) is 0 Å². The number of ether oxygens (including phenoxy) is 3. The van der Waals surface area contributed by atoms with Gasteiger partial charge in [-0.25, -0.2) is 0 Å². The fourth-order valence-electron chi connectivity index (χ4n) is 2.01. The Labute approximate surface area is 122 Å². The summed E-state index contributed by atoms with van der Waals surface area (Å²) in [5, 5.41) is 3.96. The first-order valence-corrected chi connectivity index (χ1v) is 6.54. The van der Waals surface area contributed by atoms with Gasteiger partial charge in [0.1, 0.15) is 12.4 Å². The van der Waals surface area contributed by atoms with Crippen LogP contribution in [0.25, 0.3) is 0 Å². The molecule has 0 atom stereocenters. The minimum Gasteiger partial charge on any atom is -0.496 e. The van der Waals surface area contributed by atoms with Crippen LogP contribution in [0.2, 0.25) is 0 Å². The Bertz CT molecular complexity index is 654. The molecule has 1 aliphatic rings. The molecule has 2 aromatic carbocycles. The molecule has 0 saturated carbocycles. The Kier molecular flexibility index (Phi) is 3.91. The molecule has 108 valence electrons. The average molecular weight is 285 g/mol. The SMILES string of the molecule is COc1ccccc1/C=N\OCc1ccc2c(c1)OCO2. The standard InChI is InChI=1S/C16H15NO4/c1-18-14-5-3-2-4-13(14)9-17-21-10-12-6-7-15-16(8-12)20-11-19-15/h2-9H,10-11H2,1H3/b17-9-. The number of oxime groups is 1. The molecule has 0 radical (unpaired) electrons. The van der Waals surface area contributed by atoms with Crippen molar-refractivity contribution in [3.8, 4) is 17.2 Å². The zero-order valence-electron chi connectivity index (χ0n) is 11.6. The highest BCUT2D eigenvalue weighted by atomic mass is 16.7. The number of hydrogen-bond acceptors (Lipinski definition) is 5. The lowest BCUT2D eigenvalue weighted by Crippen LogP contribution is -1.93. The van der Waals surface area contributed by atoms with Gasteiger partial charge in [0.25, 0.3) is 0 Å². The molecule has 3 rings (SSSR count). The summed E-state index contributed by atoms with van der Waals surface area (Å²) in [6.07, 6.45) is 1.63. The number of nitrogens with zero attached hydrogens (tertiary/aromatic N) is 1. The zero-order valence-corrected chi connectivity index (χ0v) is 11.6. The summed E-state index contributed by atoms with van der Waals surface area (Å²) >= 11 is 0. The van der Waals surface area contributed by atoms with Crippen molar-refractivity contribution in [2.45, 2.75) is 6.61 Å². The number of benzene rings is 2. The van der Waals surface area contributed by atoms with E-state index in [1.54, 1.807) is 13.3 Å². The summed E-state index contributed by atoms with van der Waals surface area (Å²) in [6, 6.07) is 13.3. The number of fused-ring (bicyclic) bond motifs is 1. The van der Waals surface area contributed by atoms with Gasteiger partial charge in [0.2, 0.25) is 6.79 Å². The minimum absolute atomic E-state index is 0.269. The van der Waals surface area contributed by atoms with E-state index >= 15 is 0 Å². The number of hydrogen-bond donors (Lipinski definition) is 0. The fourth-order valence-corrected chi connectivity index (χ4v) is 2.01. The van der Waals surface area contributed by atoms with Gasteiger partial charge in [0.15, 0.2) is 11.5 Å². The highest BCUT2D eigenvalue weighted by Crippen LogP contribution is 2.32. The molecule has 0 amide bonds. The number of para-hydroxylation sites is 1. The summed E-state index contributed by atoms with van der Waals surface area (Å²) in [4.78, 5) is 5.30. The van der Waals surface area contributed by atoms with E-state index in [1.165, 1.54) is 0 Å². The van der Waals surface area contributed by atoms with Crippen molar-refractivity contribution in [1.29, 1.82) is 0 Å². The van der Waals surface area contributed by atoms with Crippen LogP contribution in [-0.2, 0) is 11.4 Å². The Morgan fingerprint density at radius 3 is 2.90 bits per heavy atom. The second-order valence-corrected chi connectivity index (χ2v) is 4.44. The second-order valence-electron chi connectivity index (χ2n) is 4.44. The van der Waals surface area contributed by atoms with Gasteiger partial charge in [-0.1, -0.05) is 23.4 Å². The van der Waals surface area contributed by atoms with Crippen LogP contribution in [0, 0.1) is 0 Å². The molecule has 0 N–H and O–H groups in total. The molecule has 0 spiro atoms. The lowest BCUT2D eigenvalue weighted by molar-refractivity contribution is 0.132. The third-order valence-corrected chi connectivity index (χ3v) is 3.07. The van der Waals surface area contributed by atoms with Gasteiger partial charge in [-0.3, -0.25) is 0 Å². The molecular weight excluding hydrogens is 270 g/mol. The topological polar surface area (TPSA) is 49.3 Å². The Hall–Kier alpha value is -2.69. The van der Waals surface area contributed by atoms with E-state index in [-0.39, 0.29) is 6.79 Å². The van der Waals surface area contributed by atoms with Crippen molar-refractivity contribution in [3.05, 3.63) is 53.6 Å². The van der Waals surface area contributed by atoms with E-state index in [2.05, 4.69) is 5.16 Å². The van der Waals surface area contributed by atoms with Crippen LogP contribution in [0.5, 0.6) is 17.2 Å². The third kappa shape index (κ3) is 3.08. The van der Waals surface area contributed by atoms with Crippen molar-refractivity contribution in [1.82, 2.24) is 0 Å². The maximum absolute atomic E-state index is 5.31. The molecule has 0 unspecified atom stereocenters. The molecule has 0 fully saturated rings. The number of rotatable bonds is 5. The van der Waals surface area contributed by atoms with Crippen molar-refractivity contribution >= 4 is 6.21 Å². The van der Waals surface area contributed by atoms with Gasteiger partial charge >= 0.3 is 0 Å². The molecule has 5 heteroatoms. The van der Waals surface area contributed by atoms with Gasteiger partial charge in [0, 0.05) is 5.56 Å². The third-order valence-electron chi connectivity index (χ3n) is 3.07. The van der Waals surface area contributed by atoms with Crippen molar-refractivity contribution in [2.75, 3.05) is 13.9 Å². The molecular formula is C16H15NO4. The minimum atomic E-state index is 0.269.